The van der Waals surface area contributed by atoms with Gasteiger partial charge in [-0.05, 0) is 25.0 Å². The van der Waals surface area contributed by atoms with Crippen LogP contribution in [0.1, 0.15) is 18.4 Å². The molecule has 1 aromatic carbocycles. The number of carbonyl (C=O) groups is 2. The van der Waals surface area contributed by atoms with Gasteiger partial charge in [0.25, 0.3) is 5.91 Å². The molecule has 1 saturated carbocycles. The second-order valence-electron chi connectivity index (χ2n) is 4.30. The highest BCUT2D eigenvalue weighted by Crippen LogP contribution is 2.18. The summed E-state index contributed by atoms with van der Waals surface area (Å²) in [7, 11) is 0. The first-order chi connectivity index (χ1) is 9.15. The van der Waals surface area contributed by atoms with Crippen LogP contribution >= 0.6 is 0 Å². The summed E-state index contributed by atoms with van der Waals surface area (Å²) in [6.07, 6.45) is 4.37. The summed E-state index contributed by atoms with van der Waals surface area (Å²) in [6.45, 7) is -0.309. The zero-order valence-electron chi connectivity index (χ0n) is 10.3. The van der Waals surface area contributed by atoms with Crippen LogP contribution in [-0.4, -0.2) is 24.5 Å². The van der Waals surface area contributed by atoms with E-state index in [9.17, 15) is 14.0 Å². The van der Waals surface area contributed by atoms with E-state index < -0.39 is 11.8 Å². The molecule has 0 bridgehead atoms. The van der Waals surface area contributed by atoms with Crippen molar-refractivity contribution in [3.8, 4) is 0 Å². The molecule has 1 amide bonds. The van der Waals surface area contributed by atoms with Crippen molar-refractivity contribution in [1.29, 1.82) is 0 Å². The molecule has 0 spiro atoms. The van der Waals surface area contributed by atoms with E-state index in [1.807, 2.05) is 0 Å². The SMILES string of the molecule is O=C(COC(=O)/C=C/c1ccccc1F)NC1CC1. The first kappa shape index (κ1) is 13.3. The van der Waals surface area contributed by atoms with Crippen LogP contribution in [0, 0.1) is 5.82 Å². The number of amides is 1. The Balaban J connectivity index is 1.77. The Morgan fingerprint density at radius 1 is 1.37 bits per heavy atom. The maximum Gasteiger partial charge on any atom is 0.331 e. The number of benzene rings is 1. The molecule has 2 rings (SSSR count). The monoisotopic (exact) mass is 263 g/mol. The van der Waals surface area contributed by atoms with Crippen molar-refractivity contribution >= 4 is 18.0 Å². The van der Waals surface area contributed by atoms with Crippen LogP contribution in [0.15, 0.2) is 30.3 Å². The van der Waals surface area contributed by atoms with Gasteiger partial charge in [0.05, 0.1) is 0 Å². The second-order valence-corrected chi connectivity index (χ2v) is 4.30. The van der Waals surface area contributed by atoms with Crippen molar-refractivity contribution in [2.75, 3.05) is 6.61 Å². The molecule has 1 aliphatic rings. The van der Waals surface area contributed by atoms with E-state index in [-0.39, 0.29) is 18.6 Å². The minimum atomic E-state index is -0.672. The van der Waals surface area contributed by atoms with Crippen molar-refractivity contribution in [2.24, 2.45) is 0 Å². The third-order valence-electron chi connectivity index (χ3n) is 2.59. The molecule has 1 fully saturated rings. The lowest BCUT2D eigenvalue weighted by Crippen LogP contribution is -2.30. The van der Waals surface area contributed by atoms with Gasteiger partial charge in [0, 0.05) is 17.7 Å². The molecule has 0 radical (unpaired) electrons. The lowest BCUT2D eigenvalue weighted by Gasteiger charge is -2.03. The number of nitrogens with one attached hydrogen (secondary N) is 1. The van der Waals surface area contributed by atoms with Crippen molar-refractivity contribution in [1.82, 2.24) is 5.32 Å². The summed E-state index contributed by atoms with van der Waals surface area (Å²) in [5.74, 6) is -1.40. The summed E-state index contributed by atoms with van der Waals surface area (Å²) in [5.41, 5.74) is 0.293. The normalized spacial score (nSPS) is 14.4. The first-order valence-electron chi connectivity index (χ1n) is 6.04. The van der Waals surface area contributed by atoms with Crippen molar-refractivity contribution < 1.29 is 18.7 Å². The molecule has 4 nitrogen and oxygen atoms in total. The van der Waals surface area contributed by atoms with Gasteiger partial charge in [0.2, 0.25) is 0 Å². The lowest BCUT2D eigenvalue weighted by molar-refractivity contribution is -0.143. The van der Waals surface area contributed by atoms with E-state index in [0.717, 1.165) is 18.9 Å². The van der Waals surface area contributed by atoms with E-state index in [1.54, 1.807) is 18.2 Å². The maximum absolute atomic E-state index is 13.2. The van der Waals surface area contributed by atoms with Crippen LogP contribution in [0.4, 0.5) is 4.39 Å². The highest BCUT2D eigenvalue weighted by Gasteiger charge is 2.23. The van der Waals surface area contributed by atoms with Gasteiger partial charge in [-0.2, -0.15) is 0 Å². The Bertz CT molecular complexity index is 509. The molecule has 5 heteroatoms. The number of hydrogen-bond acceptors (Lipinski definition) is 3. The largest absolute Gasteiger partial charge is 0.452 e. The second kappa shape index (κ2) is 6.13. The highest BCUT2D eigenvalue weighted by molar-refractivity contribution is 5.89. The number of hydrogen-bond donors (Lipinski definition) is 1. The Morgan fingerprint density at radius 2 is 2.11 bits per heavy atom. The fourth-order valence-corrected chi connectivity index (χ4v) is 1.45. The van der Waals surface area contributed by atoms with Gasteiger partial charge < -0.3 is 10.1 Å². The standard InChI is InChI=1S/C14H14FNO3/c15-12-4-2-1-3-10(12)5-8-14(18)19-9-13(17)16-11-6-7-11/h1-5,8,11H,6-7,9H2,(H,16,17)/b8-5+. The van der Waals surface area contributed by atoms with Crippen molar-refractivity contribution in [2.45, 2.75) is 18.9 Å². The van der Waals surface area contributed by atoms with Gasteiger partial charge in [0.15, 0.2) is 6.61 Å². The van der Waals surface area contributed by atoms with E-state index in [1.165, 1.54) is 12.1 Å². The third kappa shape index (κ3) is 4.54. The minimum Gasteiger partial charge on any atom is -0.452 e. The van der Waals surface area contributed by atoms with Crippen molar-refractivity contribution in [3.05, 3.63) is 41.7 Å². The average molecular weight is 263 g/mol. The smallest absolute Gasteiger partial charge is 0.331 e. The fraction of sp³-hybridized carbons (Fsp3) is 0.286. The summed E-state index contributed by atoms with van der Waals surface area (Å²) < 4.78 is 18.0. The molecule has 19 heavy (non-hydrogen) atoms. The predicted octanol–water partition coefficient (Wildman–Crippen LogP) is 1.66. The summed E-state index contributed by atoms with van der Waals surface area (Å²) in [6, 6.07) is 6.30. The topological polar surface area (TPSA) is 55.4 Å². The predicted molar refractivity (Wildman–Crippen MR) is 67.6 cm³/mol. The number of rotatable bonds is 5. The van der Waals surface area contributed by atoms with Gasteiger partial charge in [-0.1, -0.05) is 18.2 Å². The van der Waals surface area contributed by atoms with Crippen LogP contribution < -0.4 is 5.32 Å². The molecule has 0 unspecified atom stereocenters. The van der Waals surface area contributed by atoms with Gasteiger partial charge >= 0.3 is 5.97 Å². The summed E-state index contributed by atoms with van der Waals surface area (Å²) >= 11 is 0. The van der Waals surface area contributed by atoms with Crippen LogP contribution in [0.5, 0.6) is 0 Å². The van der Waals surface area contributed by atoms with Gasteiger partial charge in [-0.25, -0.2) is 9.18 Å². The maximum atomic E-state index is 13.2. The molecule has 0 atom stereocenters. The molecule has 1 N–H and O–H groups in total. The zero-order valence-corrected chi connectivity index (χ0v) is 10.3. The van der Waals surface area contributed by atoms with Crippen molar-refractivity contribution in [3.63, 3.8) is 0 Å². The third-order valence-corrected chi connectivity index (χ3v) is 2.59. The van der Waals surface area contributed by atoms with E-state index >= 15 is 0 Å². The first-order valence-corrected chi connectivity index (χ1v) is 6.04. The van der Waals surface area contributed by atoms with Crippen LogP contribution in [0.2, 0.25) is 0 Å². The van der Waals surface area contributed by atoms with Crippen LogP contribution in [0.3, 0.4) is 0 Å². The zero-order chi connectivity index (χ0) is 13.7. The average Bonchev–Trinajstić information content (AvgIpc) is 3.19. The summed E-state index contributed by atoms with van der Waals surface area (Å²) in [5, 5.41) is 2.69. The van der Waals surface area contributed by atoms with Gasteiger partial charge in [0.1, 0.15) is 5.82 Å². The molecule has 0 saturated heterocycles. The van der Waals surface area contributed by atoms with E-state index in [4.69, 9.17) is 4.74 Å². The highest BCUT2D eigenvalue weighted by atomic mass is 19.1. The number of carbonyl (C=O) groups excluding carboxylic acids is 2. The summed E-state index contributed by atoms with van der Waals surface area (Å²) in [4.78, 5) is 22.6. The van der Waals surface area contributed by atoms with E-state index in [2.05, 4.69) is 5.32 Å². The molecule has 1 aliphatic carbocycles. The molecule has 0 heterocycles. The number of halogens is 1. The molecule has 100 valence electrons. The quantitative estimate of drug-likeness (QED) is 0.649. The molecule has 1 aromatic rings. The number of ether oxygens (including phenoxy) is 1. The molecule has 0 aromatic heterocycles. The Labute approximate surface area is 110 Å². The Kier molecular flexibility index (Phi) is 4.28. The van der Waals surface area contributed by atoms with Gasteiger partial charge in [-0.3, -0.25) is 4.79 Å². The minimum absolute atomic E-state index is 0.236. The Morgan fingerprint density at radius 3 is 2.79 bits per heavy atom. The van der Waals surface area contributed by atoms with E-state index in [0.29, 0.717) is 5.56 Å². The fourth-order valence-electron chi connectivity index (χ4n) is 1.45. The van der Waals surface area contributed by atoms with Gasteiger partial charge in [-0.15, -0.1) is 0 Å². The van der Waals surface area contributed by atoms with Crippen LogP contribution in [0.25, 0.3) is 6.08 Å². The molecular weight excluding hydrogens is 249 g/mol. The molecular formula is C14H14FNO3. The number of esters is 1. The Hall–Kier alpha value is -2.17. The lowest BCUT2D eigenvalue weighted by atomic mass is 10.2. The van der Waals surface area contributed by atoms with Crippen LogP contribution in [-0.2, 0) is 14.3 Å². The molecule has 0 aliphatic heterocycles.